The van der Waals surface area contributed by atoms with Gasteiger partial charge in [0.25, 0.3) is 5.91 Å². The van der Waals surface area contributed by atoms with Crippen molar-refractivity contribution in [2.24, 2.45) is 0 Å². The molecule has 2 N–H and O–H groups in total. The molecule has 5 nitrogen and oxygen atoms in total. The van der Waals surface area contributed by atoms with Crippen molar-refractivity contribution in [1.82, 2.24) is 10.2 Å². The maximum Gasteiger partial charge on any atom is 0.322 e. The second-order valence-electron chi connectivity index (χ2n) is 4.84. The van der Waals surface area contributed by atoms with Crippen molar-refractivity contribution in [2.45, 2.75) is 13.3 Å². The maximum atomic E-state index is 12.3. The van der Waals surface area contributed by atoms with Gasteiger partial charge in [-0.25, -0.2) is 0 Å². The first-order valence-corrected chi connectivity index (χ1v) is 7.07. The quantitative estimate of drug-likeness (QED) is 0.619. The van der Waals surface area contributed by atoms with Crippen LogP contribution in [-0.2, 0) is 6.42 Å². The minimum Gasteiger partial charge on any atom is -0.339 e. The summed E-state index contributed by atoms with van der Waals surface area (Å²) < 4.78 is 0. The van der Waals surface area contributed by atoms with E-state index in [4.69, 9.17) is 11.6 Å². The van der Waals surface area contributed by atoms with Gasteiger partial charge in [0.2, 0.25) is 0 Å². The molecule has 0 saturated heterocycles. The highest BCUT2D eigenvalue weighted by atomic mass is 35.5. The highest BCUT2D eigenvalue weighted by molar-refractivity contribution is 6.63. The monoisotopic (exact) mass is 303 g/mol. The van der Waals surface area contributed by atoms with Crippen LogP contribution < -0.4 is 10.6 Å². The van der Waals surface area contributed by atoms with E-state index in [0.717, 1.165) is 12.0 Å². The Morgan fingerprint density at radius 1 is 1.38 bits per heavy atom. The topological polar surface area (TPSA) is 61.4 Å². The minimum absolute atomic E-state index is 0.202. The molecule has 21 heavy (non-hydrogen) atoms. The summed E-state index contributed by atoms with van der Waals surface area (Å²) in [5, 5.41) is 5.36. The first-order chi connectivity index (χ1) is 10.1. The van der Waals surface area contributed by atoms with Gasteiger partial charge in [-0.2, -0.15) is 0 Å². The van der Waals surface area contributed by atoms with E-state index in [-0.39, 0.29) is 5.91 Å². The van der Waals surface area contributed by atoms with E-state index >= 15 is 0 Å². The molecule has 3 rings (SSSR count). The average Bonchev–Trinajstić information content (AvgIpc) is 2.62. The molecule has 2 aliphatic heterocycles. The number of halogens is 1. The summed E-state index contributed by atoms with van der Waals surface area (Å²) in [4.78, 5) is 25.3. The van der Waals surface area contributed by atoms with E-state index < -0.39 is 5.37 Å². The molecule has 0 fully saturated rings. The Hall–Kier alpha value is -2.27. The van der Waals surface area contributed by atoms with Crippen LogP contribution in [0.2, 0.25) is 0 Å². The van der Waals surface area contributed by atoms with Crippen LogP contribution in [0.5, 0.6) is 0 Å². The first-order valence-electron chi connectivity index (χ1n) is 6.69. The van der Waals surface area contributed by atoms with Gasteiger partial charge in [-0.3, -0.25) is 14.5 Å². The number of allylic oxidation sites excluding steroid dienone is 1. The molecule has 1 aromatic carbocycles. The third-order valence-corrected chi connectivity index (χ3v) is 3.75. The number of benzene rings is 1. The largest absolute Gasteiger partial charge is 0.339 e. The lowest BCUT2D eigenvalue weighted by Gasteiger charge is -2.26. The van der Waals surface area contributed by atoms with Crippen molar-refractivity contribution in [3.05, 3.63) is 53.0 Å². The lowest BCUT2D eigenvalue weighted by atomic mass is 10.1. The molecular formula is C15H14ClN3O2. The molecule has 0 unspecified atom stereocenters. The molecule has 0 spiro atoms. The number of rotatable bonds is 1. The highest BCUT2D eigenvalue weighted by Gasteiger charge is 2.27. The predicted octanol–water partition coefficient (Wildman–Crippen LogP) is 2.80. The van der Waals surface area contributed by atoms with Gasteiger partial charge in [0.15, 0.2) is 0 Å². The number of hydrogen-bond donors (Lipinski definition) is 2. The molecule has 108 valence electrons. The van der Waals surface area contributed by atoms with Crippen molar-refractivity contribution in [3.8, 4) is 0 Å². The molecule has 0 saturated carbocycles. The summed E-state index contributed by atoms with van der Waals surface area (Å²) >= 11 is 5.61. The van der Waals surface area contributed by atoms with E-state index in [9.17, 15) is 9.59 Å². The number of anilines is 1. The van der Waals surface area contributed by atoms with E-state index in [1.54, 1.807) is 12.2 Å². The fraction of sp³-hybridized carbons (Fsp3) is 0.200. The van der Waals surface area contributed by atoms with Crippen LogP contribution in [0.1, 0.15) is 22.8 Å². The zero-order valence-electron chi connectivity index (χ0n) is 11.4. The number of amides is 2. The van der Waals surface area contributed by atoms with Crippen LogP contribution in [0.25, 0.3) is 0 Å². The number of nitrogens with zero attached hydrogens (tertiary/aromatic N) is 1. The molecule has 0 atom stereocenters. The molecule has 6 heteroatoms. The number of hydrogen-bond acceptors (Lipinski definition) is 3. The standard InChI is InChI=1S/C15H14ClN3O2/c1-2-9-5-6-11-10(8-9)14(20)18-12-4-3-7-19(15(16)21)13(12)17-11/h3-6,8,17H,2,7H2,1H3,(H,18,20). The molecule has 0 radical (unpaired) electrons. The Morgan fingerprint density at radius 3 is 2.90 bits per heavy atom. The van der Waals surface area contributed by atoms with Gasteiger partial charge in [-0.15, -0.1) is 0 Å². The number of carbonyl (C=O) groups is 2. The normalized spacial score (nSPS) is 16.7. The molecule has 0 aromatic heterocycles. The molecule has 2 heterocycles. The van der Waals surface area contributed by atoms with E-state index in [1.165, 1.54) is 4.90 Å². The summed E-state index contributed by atoms with van der Waals surface area (Å²) in [5.41, 5.74) is 2.83. The number of nitrogens with one attached hydrogen (secondary N) is 2. The second kappa shape index (κ2) is 5.26. The summed E-state index contributed by atoms with van der Waals surface area (Å²) in [6.45, 7) is 2.40. The Labute approximate surface area is 127 Å². The molecule has 0 bridgehead atoms. The summed E-state index contributed by atoms with van der Waals surface area (Å²) in [6.07, 6.45) is 4.39. The van der Waals surface area contributed by atoms with E-state index in [0.29, 0.717) is 29.3 Å². The highest BCUT2D eigenvalue weighted by Crippen LogP contribution is 2.27. The van der Waals surface area contributed by atoms with Crippen molar-refractivity contribution < 1.29 is 9.59 Å². The third-order valence-electron chi connectivity index (χ3n) is 3.55. The van der Waals surface area contributed by atoms with Crippen LogP contribution in [-0.4, -0.2) is 22.7 Å². The van der Waals surface area contributed by atoms with Crippen molar-refractivity contribution in [3.63, 3.8) is 0 Å². The Morgan fingerprint density at radius 2 is 2.19 bits per heavy atom. The van der Waals surface area contributed by atoms with Crippen LogP contribution >= 0.6 is 11.6 Å². The third kappa shape index (κ3) is 2.40. The smallest absolute Gasteiger partial charge is 0.322 e. The molecular weight excluding hydrogens is 290 g/mol. The first kappa shape index (κ1) is 13.7. The fourth-order valence-corrected chi connectivity index (χ4v) is 2.57. The van der Waals surface area contributed by atoms with Crippen LogP contribution in [0, 0.1) is 0 Å². The Balaban J connectivity index is 2.07. The van der Waals surface area contributed by atoms with Crippen molar-refractivity contribution in [2.75, 3.05) is 11.9 Å². The van der Waals surface area contributed by atoms with Gasteiger partial charge in [0.1, 0.15) is 5.82 Å². The fourth-order valence-electron chi connectivity index (χ4n) is 2.41. The molecule has 0 aliphatic carbocycles. The van der Waals surface area contributed by atoms with Gasteiger partial charge in [-0.1, -0.05) is 19.1 Å². The van der Waals surface area contributed by atoms with Gasteiger partial charge in [0.05, 0.1) is 16.9 Å². The number of fused-ring (bicyclic) bond motifs is 1. The van der Waals surface area contributed by atoms with Crippen LogP contribution in [0.15, 0.2) is 41.9 Å². The maximum absolute atomic E-state index is 12.3. The average molecular weight is 304 g/mol. The minimum atomic E-state index is -0.595. The number of aryl methyl sites for hydroxylation is 1. The molecule has 1 aromatic rings. The van der Waals surface area contributed by atoms with E-state index in [2.05, 4.69) is 10.6 Å². The molecule has 2 aliphatic rings. The second-order valence-corrected chi connectivity index (χ2v) is 5.16. The van der Waals surface area contributed by atoms with Crippen LogP contribution in [0.3, 0.4) is 0 Å². The van der Waals surface area contributed by atoms with Gasteiger partial charge in [-0.05, 0) is 41.8 Å². The Kier molecular flexibility index (Phi) is 3.43. The zero-order chi connectivity index (χ0) is 15.0. The van der Waals surface area contributed by atoms with Crippen LogP contribution in [0.4, 0.5) is 10.5 Å². The van der Waals surface area contributed by atoms with E-state index in [1.807, 2.05) is 25.1 Å². The summed E-state index contributed by atoms with van der Waals surface area (Å²) in [6, 6.07) is 5.65. The molecule has 2 amide bonds. The lowest BCUT2D eigenvalue weighted by molar-refractivity contribution is 0.0967. The lowest BCUT2D eigenvalue weighted by Crippen LogP contribution is -2.35. The SMILES string of the molecule is CCc1ccc2c(c1)C(=O)NC1=C(N2)N(C(=O)Cl)CC=C1. The van der Waals surface area contributed by atoms with Crippen molar-refractivity contribution in [1.29, 1.82) is 0 Å². The number of carbonyl (C=O) groups excluding carboxylic acids is 2. The van der Waals surface area contributed by atoms with Gasteiger partial charge >= 0.3 is 5.37 Å². The summed E-state index contributed by atoms with van der Waals surface area (Å²) in [7, 11) is 0. The summed E-state index contributed by atoms with van der Waals surface area (Å²) in [5.74, 6) is 0.292. The van der Waals surface area contributed by atoms with Gasteiger partial charge in [0, 0.05) is 6.54 Å². The zero-order valence-corrected chi connectivity index (χ0v) is 12.2. The predicted molar refractivity (Wildman–Crippen MR) is 81.0 cm³/mol. The van der Waals surface area contributed by atoms with Crippen molar-refractivity contribution >= 4 is 28.6 Å². The Bertz CT molecular complexity index is 694. The van der Waals surface area contributed by atoms with Gasteiger partial charge < -0.3 is 10.6 Å².